The zero-order chi connectivity index (χ0) is 24.1. The van der Waals surface area contributed by atoms with Crippen LogP contribution in [-0.4, -0.2) is 48.0 Å². The topological polar surface area (TPSA) is 99.5 Å². The van der Waals surface area contributed by atoms with Crippen molar-refractivity contribution in [3.05, 3.63) is 64.4 Å². The largest absolute Gasteiger partial charge is 0.465 e. The maximum Gasteiger partial charge on any atom is 0.339 e. The highest BCUT2D eigenvalue weighted by atomic mass is 32.2. The summed E-state index contributed by atoms with van der Waals surface area (Å²) in [5.41, 5.74) is 1.16. The molecule has 10 heteroatoms. The van der Waals surface area contributed by atoms with Crippen LogP contribution >= 0.6 is 23.1 Å². The molecule has 0 aliphatic heterocycles. The Balaban J connectivity index is 1.62. The number of hydrogen-bond acceptors (Lipinski definition) is 8. The fourth-order valence-corrected chi connectivity index (χ4v) is 5.43. The lowest BCUT2D eigenvalue weighted by atomic mass is 10.2. The van der Waals surface area contributed by atoms with E-state index >= 15 is 0 Å². The number of nitrogens with zero attached hydrogens (tertiary/aromatic N) is 2. The first kappa shape index (κ1) is 23.9. The number of para-hydroxylation sites is 1. The molecule has 2 aromatic heterocycles. The molecule has 1 N–H and O–H groups in total. The molecule has 176 valence electrons. The highest BCUT2D eigenvalue weighted by Gasteiger charge is 2.18. The van der Waals surface area contributed by atoms with Crippen molar-refractivity contribution >= 4 is 61.0 Å². The second kappa shape index (κ2) is 10.8. The van der Waals surface area contributed by atoms with Gasteiger partial charge < -0.3 is 14.8 Å². The number of carbonyl (C=O) groups is 2. The fraction of sp³-hybridized carbons (Fsp3) is 0.250. The minimum Gasteiger partial charge on any atom is -0.465 e. The summed E-state index contributed by atoms with van der Waals surface area (Å²) in [4.78, 5) is 42.8. The van der Waals surface area contributed by atoms with E-state index in [-0.39, 0.29) is 22.8 Å². The third-order valence-corrected chi connectivity index (χ3v) is 7.24. The van der Waals surface area contributed by atoms with Gasteiger partial charge in [-0.25, -0.2) is 9.78 Å². The van der Waals surface area contributed by atoms with Crippen LogP contribution < -0.4 is 10.9 Å². The van der Waals surface area contributed by atoms with Crippen molar-refractivity contribution in [1.29, 1.82) is 0 Å². The van der Waals surface area contributed by atoms with Gasteiger partial charge >= 0.3 is 5.97 Å². The second-order valence-electron chi connectivity index (χ2n) is 7.35. The molecule has 0 spiro atoms. The molecule has 34 heavy (non-hydrogen) atoms. The molecule has 0 bridgehead atoms. The Hall–Kier alpha value is -3.21. The van der Waals surface area contributed by atoms with E-state index in [0.717, 1.165) is 10.1 Å². The van der Waals surface area contributed by atoms with Crippen molar-refractivity contribution in [3.8, 4) is 0 Å². The summed E-state index contributed by atoms with van der Waals surface area (Å²) in [5.74, 6) is -0.846. The Morgan fingerprint density at radius 3 is 2.68 bits per heavy atom. The van der Waals surface area contributed by atoms with Crippen molar-refractivity contribution in [2.24, 2.45) is 0 Å². The number of amides is 1. The minimum absolute atomic E-state index is 0.0137. The predicted octanol–water partition coefficient (Wildman–Crippen LogP) is 4.17. The van der Waals surface area contributed by atoms with Crippen LogP contribution in [0.4, 0.5) is 5.69 Å². The van der Waals surface area contributed by atoms with Crippen molar-refractivity contribution < 1.29 is 19.1 Å². The van der Waals surface area contributed by atoms with Crippen LogP contribution in [0, 0.1) is 0 Å². The molecule has 0 atom stereocenters. The van der Waals surface area contributed by atoms with Gasteiger partial charge in [0, 0.05) is 30.3 Å². The number of carbonyl (C=O) groups excluding carboxylic acids is 2. The number of nitrogens with one attached hydrogen (secondary N) is 1. The number of fused-ring (bicyclic) bond motifs is 3. The highest BCUT2D eigenvalue weighted by molar-refractivity contribution is 7.99. The van der Waals surface area contributed by atoms with Gasteiger partial charge in [-0.1, -0.05) is 42.1 Å². The predicted molar refractivity (Wildman–Crippen MR) is 135 cm³/mol. The van der Waals surface area contributed by atoms with Gasteiger partial charge in [-0.3, -0.25) is 14.2 Å². The Morgan fingerprint density at radius 2 is 1.88 bits per heavy atom. The first-order valence-corrected chi connectivity index (χ1v) is 12.3. The van der Waals surface area contributed by atoms with E-state index in [4.69, 9.17) is 14.5 Å². The van der Waals surface area contributed by atoms with Gasteiger partial charge in [-0.15, -0.1) is 11.3 Å². The van der Waals surface area contributed by atoms with E-state index in [1.165, 1.54) is 30.2 Å². The monoisotopic (exact) mass is 497 g/mol. The SMILES string of the molecule is COCCCn1c(SCC(=O)Nc2ccccc2C(=O)OC)nc2c(sc3ccccc32)c1=O. The Morgan fingerprint density at radius 1 is 1.12 bits per heavy atom. The third kappa shape index (κ3) is 4.98. The molecule has 0 aliphatic rings. The Bertz CT molecular complexity index is 1410. The highest BCUT2D eigenvalue weighted by Crippen LogP contribution is 2.32. The molecule has 0 saturated carbocycles. The van der Waals surface area contributed by atoms with E-state index < -0.39 is 5.97 Å². The standard InChI is InChI=1S/C24H23N3O5S2/c1-31-13-7-12-27-22(29)21-20(16-9-4-6-11-18(16)34-21)26-24(27)33-14-19(28)25-17-10-5-3-8-15(17)23(30)32-2/h3-6,8-11H,7,12-14H2,1-2H3,(H,25,28). The van der Waals surface area contributed by atoms with E-state index in [2.05, 4.69) is 5.32 Å². The summed E-state index contributed by atoms with van der Waals surface area (Å²) in [6.45, 7) is 0.935. The number of methoxy groups -OCH3 is 2. The van der Waals surface area contributed by atoms with Crippen molar-refractivity contribution in [1.82, 2.24) is 9.55 Å². The molecule has 0 fully saturated rings. The quantitative estimate of drug-likeness (QED) is 0.160. The smallest absolute Gasteiger partial charge is 0.339 e. The average molecular weight is 498 g/mol. The van der Waals surface area contributed by atoms with E-state index in [1.807, 2.05) is 24.3 Å². The van der Waals surface area contributed by atoms with Crippen molar-refractivity contribution in [3.63, 3.8) is 0 Å². The molecule has 0 radical (unpaired) electrons. The van der Waals surface area contributed by atoms with Gasteiger partial charge in [0.1, 0.15) is 4.70 Å². The zero-order valence-corrected chi connectivity index (χ0v) is 20.3. The summed E-state index contributed by atoms with van der Waals surface area (Å²) in [5, 5.41) is 4.14. The zero-order valence-electron chi connectivity index (χ0n) is 18.7. The normalized spacial score (nSPS) is 11.1. The summed E-state index contributed by atoms with van der Waals surface area (Å²) in [7, 11) is 2.90. The van der Waals surface area contributed by atoms with Gasteiger partial charge in [-0.2, -0.15) is 0 Å². The number of thioether (sulfide) groups is 1. The summed E-state index contributed by atoms with van der Waals surface area (Å²) in [6.07, 6.45) is 0.640. The molecule has 2 heterocycles. The van der Waals surface area contributed by atoms with Gasteiger partial charge in [0.25, 0.3) is 5.56 Å². The van der Waals surface area contributed by atoms with Gasteiger partial charge in [0.15, 0.2) is 5.16 Å². The average Bonchev–Trinajstić information content (AvgIpc) is 3.23. The lowest BCUT2D eigenvalue weighted by molar-refractivity contribution is -0.113. The lowest BCUT2D eigenvalue weighted by Crippen LogP contribution is -2.24. The Labute approximate surface area is 203 Å². The van der Waals surface area contributed by atoms with Crippen LogP contribution in [0.25, 0.3) is 20.3 Å². The number of benzene rings is 2. The van der Waals surface area contributed by atoms with Crippen LogP contribution in [0.2, 0.25) is 0 Å². The summed E-state index contributed by atoms with van der Waals surface area (Å²) >= 11 is 2.60. The number of rotatable bonds is 9. The van der Waals surface area contributed by atoms with E-state index in [0.29, 0.717) is 40.6 Å². The number of esters is 1. The number of hydrogen-bond donors (Lipinski definition) is 1. The van der Waals surface area contributed by atoms with Crippen LogP contribution in [-0.2, 0) is 20.8 Å². The molecule has 0 aliphatic carbocycles. The van der Waals surface area contributed by atoms with Crippen LogP contribution in [0.5, 0.6) is 0 Å². The van der Waals surface area contributed by atoms with Gasteiger partial charge in [0.05, 0.1) is 29.6 Å². The van der Waals surface area contributed by atoms with Crippen molar-refractivity contribution in [2.75, 3.05) is 31.9 Å². The third-order valence-electron chi connectivity index (χ3n) is 5.12. The molecule has 1 amide bonds. The Kier molecular flexibility index (Phi) is 7.61. The van der Waals surface area contributed by atoms with Crippen molar-refractivity contribution in [2.45, 2.75) is 18.1 Å². The number of thiophene rings is 1. The molecule has 2 aromatic carbocycles. The lowest BCUT2D eigenvalue weighted by Gasteiger charge is -2.13. The van der Waals surface area contributed by atoms with Gasteiger partial charge in [0.2, 0.25) is 5.91 Å². The molecule has 4 aromatic rings. The summed E-state index contributed by atoms with van der Waals surface area (Å²) < 4.78 is 13.1. The molecule has 4 rings (SSSR count). The molecular formula is C24H23N3O5S2. The van der Waals surface area contributed by atoms with E-state index in [9.17, 15) is 14.4 Å². The molecule has 0 unspecified atom stereocenters. The number of aromatic nitrogens is 2. The van der Waals surface area contributed by atoms with Crippen LogP contribution in [0.15, 0.2) is 58.5 Å². The van der Waals surface area contributed by atoms with Crippen LogP contribution in [0.1, 0.15) is 16.8 Å². The molecule has 0 saturated heterocycles. The molecular weight excluding hydrogens is 474 g/mol. The first-order chi connectivity index (χ1) is 16.5. The first-order valence-electron chi connectivity index (χ1n) is 10.5. The maximum atomic E-state index is 13.3. The summed E-state index contributed by atoms with van der Waals surface area (Å²) in [6, 6.07) is 14.4. The van der Waals surface area contributed by atoms with E-state index in [1.54, 1.807) is 35.9 Å². The fourth-order valence-electron chi connectivity index (χ4n) is 3.52. The number of ether oxygens (including phenoxy) is 2. The second-order valence-corrected chi connectivity index (χ2v) is 9.34. The molecule has 8 nitrogen and oxygen atoms in total. The van der Waals surface area contributed by atoms with Gasteiger partial charge in [-0.05, 0) is 24.6 Å². The van der Waals surface area contributed by atoms with Crippen LogP contribution in [0.3, 0.4) is 0 Å². The number of anilines is 1. The minimum atomic E-state index is -0.535. The maximum absolute atomic E-state index is 13.3.